The van der Waals surface area contributed by atoms with Crippen LogP contribution in [0.2, 0.25) is 0 Å². The van der Waals surface area contributed by atoms with E-state index in [9.17, 15) is 19.8 Å². The third kappa shape index (κ3) is 9.32. The minimum Gasteiger partial charge on any atom is -0.388 e. The average molecular weight is 403 g/mol. The van der Waals surface area contributed by atoms with Gasteiger partial charge in [-0.1, -0.05) is 13.8 Å². The van der Waals surface area contributed by atoms with Gasteiger partial charge in [-0.25, -0.2) is 0 Å². The highest BCUT2D eigenvalue weighted by molar-refractivity contribution is 5.74. The Bertz CT molecular complexity index is 474. The lowest BCUT2D eigenvalue weighted by Crippen LogP contribution is -2.50. The van der Waals surface area contributed by atoms with Crippen LogP contribution in [0.3, 0.4) is 0 Å². The summed E-state index contributed by atoms with van der Waals surface area (Å²) in [6, 6.07) is 0. The molecule has 1 rings (SSSR count). The zero-order valence-corrected chi connectivity index (χ0v) is 17.8. The van der Waals surface area contributed by atoms with Crippen molar-refractivity contribution in [3.05, 3.63) is 0 Å². The Morgan fingerprint density at radius 3 is 2.32 bits per heavy atom. The van der Waals surface area contributed by atoms with E-state index in [0.717, 1.165) is 19.3 Å². The largest absolute Gasteiger partial charge is 0.388 e. The summed E-state index contributed by atoms with van der Waals surface area (Å²) in [5.74, 6) is 0.250. The number of carbonyl (C=O) groups excluding carboxylic acids is 2. The molecule has 3 atom stereocenters. The van der Waals surface area contributed by atoms with Crippen LogP contribution in [0.1, 0.15) is 47.0 Å². The average Bonchev–Trinajstić information content (AvgIpc) is 2.62. The van der Waals surface area contributed by atoms with Crippen molar-refractivity contribution in [3.8, 4) is 0 Å². The van der Waals surface area contributed by atoms with E-state index in [1.165, 1.54) is 13.8 Å². The molecule has 8 nitrogen and oxygen atoms in total. The van der Waals surface area contributed by atoms with E-state index in [2.05, 4.69) is 13.8 Å². The second kappa shape index (κ2) is 13.1. The van der Waals surface area contributed by atoms with E-state index in [-0.39, 0.29) is 25.0 Å². The summed E-state index contributed by atoms with van der Waals surface area (Å²) in [6.07, 6.45) is -0.643. The molecule has 1 fully saturated rings. The van der Waals surface area contributed by atoms with E-state index in [1.807, 2.05) is 0 Å². The number of hydrogen-bond acceptors (Lipinski definition) is 6. The summed E-state index contributed by atoms with van der Waals surface area (Å²) >= 11 is 0. The van der Waals surface area contributed by atoms with Crippen LogP contribution in [0, 0.1) is 5.92 Å². The molecule has 2 amide bonds. The van der Waals surface area contributed by atoms with Gasteiger partial charge in [-0.05, 0) is 25.2 Å². The molecule has 2 N–H and O–H groups in total. The van der Waals surface area contributed by atoms with E-state index in [0.29, 0.717) is 38.8 Å². The Balaban J connectivity index is 2.90. The zero-order chi connectivity index (χ0) is 21.1. The van der Waals surface area contributed by atoms with Crippen LogP contribution in [0.15, 0.2) is 0 Å². The number of hydrogen-bond donors (Lipinski definition) is 2. The number of carbonyl (C=O) groups is 2. The minimum atomic E-state index is -1.17. The van der Waals surface area contributed by atoms with Crippen molar-refractivity contribution in [2.24, 2.45) is 5.92 Å². The molecule has 0 spiro atoms. The van der Waals surface area contributed by atoms with Crippen molar-refractivity contribution in [3.63, 3.8) is 0 Å². The second-order valence-electron chi connectivity index (χ2n) is 7.90. The van der Waals surface area contributed by atoms with E-state index >= 15 is 0 Å². The van der Waals surface area contributed by atoms with Crippen molar-refractivity contribution in [1.29, 1.82) is 0 Å². The van der Waals surface area contributed by atoms with Gasteiger partial charge in [0.1, 0.15) is 18.3 Å². The third-order valence-electron chi connectivity index (χ3n) is 4.99. The molecular weight excluding hydrogens is 364 g/mol. The van der Waals surface area contributed by atoms with E-state index in [4.69, 9.17) is 9.47 Å². The molecule has 0 aliphatic carbocycles. The molecule has 0 unspecified atom stereocenters. The van der Waals surface area contributed by atoms with Gasteiger partial charge in [-0.3, -0.25) is 9.59 Å². The van der Waals surface area contributed by atoms with Crippen LogP contribution >= 0.6 is 0 Å². The fraction of sp³-hybridized carbons (Fsp3) is 0.900. The molecule has 164 valence electrons. The Hall–Kier alpha value is -1.22. The maximum atomic E-state index is 12.1. The van der Waals surface area contributed by atoms with Gasteiger partial charge in [0.25, 0.3) is 0 Å². The molecule has 0 radical (unpaired) electrons. The molecule has 0 saturated carbocycles. The van der Waals surface area contributed by atoms with Gasteiger partial charge in [0.15, 0.2) is 0 Å². The van der Waals surface area contributed by atoms with Crippen LogP contribution < -0.4 is 0 Å². The summed E-state index contributed by atoms with van der Waals surface area (Å²) in [5.41, 5.74) is 0. The molecule has 8 heteroatoms. The van der Waals surface area contributed by atoms with Crippen molar-refractivity contribution in [2.45, 2.75) is 65.3 Å². The number of amides is 2. The molecule has 28 heavy (non-hydrogen) atoms. The van der Waals surface area contributed by atoms with Gasteiger partial charge in [-0.2, -0.15) is 0 Å². The van der Waals surface area contributed by atoms with Crippen molar-refractivity contribution in [2.75, 3.05) is 46.0 Å². The van der Waals surface area contributed by atoms with Gasteiger partial charge in [0.05, 0.1) is 6.61 Å². The minimum absolute atomic E-state index is 0.00169. The number of nitrogens with zero attached hydrogens (tertiary/aromatic N) is 2. The molecule has 0 aromatic rings. The smallest absolute Gasteiger partial charge is 0.219 e. The monoisotopic (exact) mass is 402 g/mol. The van der Waals surface area contributed by atoms with E-state index in [1.54, 1.807) is 9.80 Å². The SMILES string of the molecule is CC(=O)N1CCCCOC[C@@H](O)[C@@H](O)[C@H](OCCC(C)C)CN(C(C)=O)CC1. The molecule has 1 aliphatic heterocycles. The Morgan fingerprint density at radius 1 is 1.07 bits per heavy atom. The summed E-state index contributed by atoms with van der Waals surface area (Å²) in [7, 11) is 0. The first-order valence-corrected chi connectivity index (χ1v) is 10.3. The van der Waals surface area contributed by atoms with Gasteiger partial charge < -0.3 is 29.5 Å². The Kier molecular flexibility index (Phi) is 11.6. The first-order valence-electron chi connectivity index (χ1n) is 10.3. The summed E-state index contributed by atoms with van der Waals surface area (Å²) < 4.78 is 11.3. The third-order valence-corrected chi connectivity index (χ3v) is 4.99. The standard InChI is InChI=1S/C20H38N2O6/c1-15(2)7-12-28-19-13-22(17(4)24)10-9-21(16(3)23)8-5-6-11-27-14-18(25)20(19)26/h15,18-20,25-26H,5-14H2,1-4H3/t18-,19-,20-/m1/s1. The summed E-state index contributed by atoms with van der Waals surface area (Å²) in [4.78, 5) is 27.3. The van der Waals surface area contributed by atoms with Crippen LogP contribution in [0.25, 0.3) is 0 Å². The van der Waals surface area contributed by atoms with Crippen LogP contribution in [-0.2, 0) is 19.1 Å². The van der Waals surface area contributed by atoms with Crippen molar-refractivity contribution < 1.29 is 29.3 Å². The maximum absolute atomic E-state index is 12.1. The predicted octanol–water partition coefficient (Wildman–Crippen LogP) is 0.647. The van der Waals surface area contributed by atoms with Crippen LogP contribution in [0.5, 0.6) is 0 Å². The number of rotatable bonds is 4. The first-order chi connectivity index (χ1) is 13.2. The number of ether oxygens (including phenoxy) is 2. The lowest BCUT2D eigenvalue weighted by molar-refractivity contribution is -0.141. The highest BCUT2D eigenvalue weighted by Gasteiger charge is 2.30. The predicted molar refractivity (Wildman–Crippen MR) is 106 cm³/mol. The van der Waals surface area contributed by atoms with Crippen LogP contribution in [-0.4, -0.2) is 96.1 Å². The highest BCUT2D eigenvalue weighted by atomic mass is 16.5. The van der Waals surface area contributed by atoms with Gasteiger partial charge in [-0.15, -0.1) is 0 Å². The maximum Gasteiger partial charge on any atom is 0.219 e. The number of aliphatic hydroxyl groups excluding tert-OH is 2. The molecule has 1 aliphatic rings. The quantitative estimate of drug-likeness (QED) is 0.716. The van der Waals surface area contributed by atoms with Crippen molar-refractivity contribution in [1.82, 2.24) is 9.80 Å². The number of aliphatic hydroxyl groups is 2. The van der Waals surface area contributed by atoms with Gasteiger partial charge in [0.2, 0.25) is 11.8 Å². The molecule has 0 aromatic carbocycles. The molecule has 1 saturated heterocycles. The van der Waals surface area contributed by atoms with Gasteiger partial charge >= 0.3 is 0 Å². The second-order valence-corrected chi connectivity index (χ2v) is 7.90. The topological polar surface area (TPSA) is 99.5 Å². The van der Waals surface area contributed by atoms with Crippen molar-refractivity contribution >= 4 is 11.8 Å². The Morgan fingerprint density at radius 2 is 1.71 bits per heavy atom. The fourth-order valence-electron chi connectivity index (χ4n) is 3.03. The van der Waals surface area contributed by atoms with Gasteiger partial charge in [0, 0.05) is 53.2 Å². The highest BCUT2D eigenvalue weighted by Crippen LogP contribution is 2.12. The first kappa shape index (κ1) is 24.8. The van der Waals surface area contributed by atoms with Crippen LogP contribution in [0.4, 0.5) is 0 Å². The lowest BCUT2D eigenvalue weighted by atomic mass is 10.1. The molecule has 0 aromatic heterocycles. The van der Waals surface area contributed by atoms with E-state index < -0.39 is 18.3 Å². The summed E-state index contributed by atoms with van der Waals surface area (Å²) in [5, 5.41) is 20.9. The fourth-order valence-corrected chi connectivity index (χ4v) is 3.03. The summed E-state index contributed by atoms with van der Waals surface area (Å²) in [6.45, 7) is 9.55. The Labute approximate surface area is 168 Å². The normalized spacial score (nSPS) is 26.2. The molecule has 1 heterocycles. The zero-order valence-electron chi connectivity index (χ0n) is 17.8. The lowest BCUT2D eigenvalue weighted by Gasteiger charge is -2.33. The molecular formula is C20H38N2O6. The molecule has 0 bridgehead atoms.